The Balaban J connectivity index is 1.30. The number of rotatable bonds is 6. The second-order valence-corrected chi connectivity index (χ2v) is 6.98. The molecule has 0 aromatic carbocycles. The predicted molar refractivity (Wildman–Crippen MR) is 76.7 cm³/mol. The zero-order chi connectivity index (χ0) is 12.4. The van der Waals surface area contributed by atoms with Crippen molar-refractivity contribution in [2.45, 2.75) is 57.9 Å². The van der Waals surface area contributed by atoms with Crippen LogP contribution in [-0.2, 0) is 0 Å². The Labute approximate surface area is 113 Å². The molecule has 18 heavy (non-hydrogen) atoms. The molecule has 1 N–H and O–H groups in total. The van der Waals surface area contributed by atoms with Gasteiger partial charge in [-0.3, -0.25) is 0 Å². The summed E-state index contributed by atoms with van der Waals surface area (Å²) in [5.74, 6) is 3.15. The van der Waals surface area contributed by atoms with Crippen LogP contribution in [0.4, 0.5) is 0 Å². The molecule has 0 spiro atoms. The van der Waals surface area contributed by atoms with Crippen molar-refractivity contribution < 1.29 is 0 Å². The van der Waals surface area contributed by atoms with E-state index in [-0.39, 0.29) is 0 Å². The van der Waals surface area contributed by atoms with Crippen LogP contribution in [-0.4, -0.2) is 37.1 Å². The van der Waals surface area contributed by atoms with E-state index in [1.165, 1.54) is 64.7 Å². The maximum absolute atomic E-state index is 3.81. The fourth-order valence-corrected chi connectivity index (χ4v) is 4.70. The Kier molecular flexibility index (Phi) is 4.25. The molecule has 2 saturated carbocycles. The summed E-state index contributed by atoms with van der Waals surface area (Å²) in [6.45, 7) is 7.67. The minimum Gasteiger partial charge on any atom is -0.314 e. The molecule has 1 aliphatic heterocycles. The summed E-state index contributed by atoms with van der Waals surface area (Å²) in [6, 6.07) is 0.763. The van der Waals surface area contributed by atoms with E-state index in [0.717, 1.165) is 23.8 Å². The van der Waals surface area contributed by atoms with Crippen molar-refractivity contribution in [1.29, 1.82) is 0 Å². The normalized spacial score (nSPS) is 37.5. The average molecular weight is 250 g/mol. The highest BCUT2D eigenvalue weighted by Crippen LogP contribution is 2.49. The van der Waals surface area contributed by atoms with E-state index in [1.807, 2.05) is 0 Å². The Hall–Kier alpha value is -0.0800. The smallest absolute Gasteiger partial charge is 0.00697 e. The summed E-state index contributed by atoms with van der Waals surface area (Å²) in [6.07, 6.45) is 10.3. The van der Waals surface area contributed by atoms with Gasteiger partial charge in [-0.05, 0) is 89.4 Å². The molecule has 104 valence electrons. The molecule has 2 bridgehead atoms. The van der Waals surface area contributed by atoms with Crippen molar-refractivity contribution in [3.63, 3.8) is 0 Å². The topological polar surface area (TPSA) is 15.3 Å². The van der Waals surface area contributed by atoms with Gasteiger partial charge in [-0.15, -0.1) is 0 Å². The molecule has 0 radical (unpaired) electrons. The third-order valence-corrected chi connectivity index (χ3v) is 5.75. The van der Waals surface area contributed by atoms with E-state index in [0.29, 0.717) is 0 Å². The third-order valence-electron chi connectivity index (χ3n) is 5.75. The van der Waals surface area contributed by atoms with Crippen molar-refractivity contribution in [3.8, 4) is 0 Å². The zero-order valence-electron chi connectivity index (χ0n) is 12.0. The summed E-state index contributed by atoms with van der Waals surface area (Å²) in [5, 5.41) is 3.81. The second-order valence-electron chi connectivity index (χ2n) is 6.98. The van der Waals surface area contributed by atoms with Crippen molar-refractivity contribution in [1.82, 2.24) is 10.2 Å². The van der Waals surface area contributed by atoms with E-state index in [1.54, 1.807) is 6.42 Å². The fraction of sp³-hybridized carbons (Fsp3) is 1.00. The summed E-state index contributed by atoms with van der Waals surface area (Å²) in [4.78, 5) is 2.63. The SMILES string of the molecule is CC(NCCCN1CCCC1)C1CC2CCC1C2. The van der Waals surface area contributed by atoms with Crippen LogP contribution in [0.3, 0.4) is 0 Å². The summed E-state index contributed by atoms with van der Waals surface area (Å²) in [7, 11) is 0. The molecule has 0 aromatic rings. The highest BCUT2D eigenvalue weighted by molar-refractivity contribution is 4.93. The first-order chi connectivity index (χ1) is 8.83. The average Bonchev–Trinajstić information content (AvgIpc) is 3.10. The van der Waals surface area contributed by atoms with Gasteiger partial charge in [-0.2, -0.15) is 0 Å². The quantitative estimate of drug-likeness (QED) is 0.729. The largest absolute Gasteiger partial charge is 0.314 e. The molecule has 4 unspecified atom stereocenters. The monoisotopic (exact) mass is 250 g/mol. The van der Waals surface area contributed by atoms with Crippen LogP contribution in [0, 0.1) is 17.8 Å². The number of likely N-dealkylation sites (tertiary alicyclic amines) is 1. The Morgan fingerprint density at radius 3 is 2.67 bits per heavy atom. The lowest BCUT2D eigenvalue weighted by molar-refractivity contribution is 0.255. The van der Waals surface area contributed by atoms with Crippen LogP contribution in [0.5, 0.6) is 0 Å². The second kappa shape index (κ2) is 5.92. The molecule has 3 rings (SSSR count). The van der Waals surface area contributed by atoms with Gasteiger partial charge in [0.15, 0.2) is 0 Å². The molecule has 3 fully saturated rings. The number of nitrogens with one attached hydrogen (secondary N) is 1. The van der Waals surface area contributed by atoms with E-state index in [2.05, 4.69) is 17.1 Å². The fourth-order valence-electron chi connectivity index (χ4n) is 4.70. The lowest BCUT2D eigenvalue weighted by Gasteiger charge is -2.29. The highest BCUT2D eigenvalue weighted by atomic mass is 15.1. The minimum atomic E-state index is 0.763. The molecule has 0 aromatic heterocycles. The van der Waals surface area contributed by atoms with Crippen molar-refractivity contribution in [2.75, 3.05) is 26.2 Å². The molecule has 2 heteroatoms. The van der Waals surface area contributed by atoms with E-state index < -0.39 is 0 Å². The number of hydrogen-bond acceptors (Lipinski definition) is 2. The first kappa shape index (κ1) is 12.9. The lowest BCUT2D eigenvalue weighted by Crippen LogP contribution is -2.37. The van der Waals surface area contributed by atoms with Gasteiger partial charge in [0, 0.05) is 6.04 Å². The Bertz CT molecular complexity index is 260. The van der Waals surface area contributed by atoms with Crippen molar-refractivity contribution in [3.05, 3.63) is 0 Å². The predicted octanol–water partition coefficient (Wildman–Crippen LogP) is 2.89. The van der Waals surface area contributed by atoms with Crippen LogP contribution >= 0.6 is 0 Å². The van der Waals surface area contributed by atoms with E-state index in [4.69, 9.17) is 0 Å². The summed E-state index contributed by atoms with van der Waals surface area (Å²) < 4.78 is 0. The molecule has 3 aliphatic rings. The molecular weight excluding hydrogens is 220 g/mol. The van der Waals surface area contributed by atoms with Crippen LogP contribution < -0.4 is 5.32 Å². The maximum atomic E-state index is 3.81. The van der Waals surface area contributed by atoms with Crippen LogP contribution in [0.2, 0.25) is 0 Å². The van der Waals surface area contributed by atoms with Crippen molar-refractivity contribution >= 4 is 0 Å². The third kappa shape index (κ3) is 2.91. The lowest BCUT2D eigenvalue weighted by atomic mass is 9.84. The van der Waals surface area contributed by atoms with E-state index in [9.17, 15) is 0 Å². The molecule has 2 nitrogen and oxygen atoms in total. The van der Waals surface area contributed by atoms with Crippen molar-refractivity contribution in [2.24, 2.45) is 17.8 Å². The van der Waals surface area contributed by atoms with Crippen LogP contribution in [0.15, 0.2) is 0 Å². The Morgan fingerprint density at radius 1 is 1.17 bits per heavy atom. The van der Waals surface area contributed by atoms with Gasteiger partial charge >= 0.3 is 0 Å². The summed E-state index contributed by atoms with van der Waals surface area (Å²) >= 11 is 0. The van der Waals surface area contributed by atoms with Crippen LogP contribution in [0.25, 0.3) is 0 Å². The number of nitrogens with zero attached hydrogens (tertiary/aromatic N) is 1. The number of hydrogen-bond donors (Lipinski definition) is 1. The molecule has 0 amide bonds. The van der Waals surface area contributed by atoms with Gasteiger partial charge in [0.1, 0.15) is 0 Å². The van der Waals surface area contributed by atoms with Gasteiger partial charge < -0.3 is 10.2 Å². The van der Waals surface area contributed by atoms with Gasteiger partial charge in [0.2, 0.25) is 0 Å². The van der Waals surface area contributed by atoms with Crippen LogP contribution in [0.1, 0.15) is 51.9 Å². The molecule has 4 atom stereocenters. The molecule has 1 saturated heterocycles. The number of fused-ring (bicyclic) bond motifs is 2. The van der Waals surface area contributed by atoms with Gasteiger partial charge in [0.05, 0.1) is 0 Å². The zero-order valence-corrected chi connectivity index (χ0v) is 12.0. The maximum Gasteiger partial charge on any atom is 0.00697 e. The highest BCUT2D eigenvalue weighted by Gasteiger charge is 2.41. The van der Waals surface area contributed by atoms with Gasteiger partial charge in [0.25, 0.3) is 0 Å². The first-order valence-electron chi connectivity index (χ1n) is 8.28. The first-order valence-corrected chi connectivity index (χ1v) is 8.28. The molecule has 2 aliphatic carbocycles. The Morgan fingerprint density at radius 2 is 2.00 bits per heavy atom. The summed E-state index contributed by atoms with van der Waals surface area (Å²) in [5.41, 5.74) is 0. The van der Waals surface area contributed by atoms with E-state index >= 15 is 0 Å². The standard InChI is InChI=1S/C16H30N2/c1-13(16-12-14-5-6-15(16)11-14)17-7-4-10-18-8-2-3-9-18/h13-17H,2-12H2,1H3. The van der Waals surface area contributed by atoms with Gasteiger partial charge in [-0.1, -0.05) is 6.42 Å². The molecular formula is C16H30N2. The minimum absolute atomic E-state index is 0.763. The van der Waals surface area contributed by atoms with Gasteiger partial charge in [-0.25, -0.2) is 0 Å². The molecule has 1 heterocycles.